The molecular formula is C16H24N2. The van der Waals surface area contributed by atoms with Gasteiger partial charge in [0.1, 0.15) is 0 Å². The monoisotopic (exact) mass is 244 g/mol. The molecular weight excluding hydrogens is 220 g/mol. The van der Waals surface area contributed by atoms with Crippen LogP contribution >= 0.6 is 0 Å². The molecule has 1 aromatic carbocycles. The Morgan fingerprint density at radius 3 is 2.94 bits per heavy atom. The van der Waals surface area contributed by atoms with Gasteiger partial charge in [0.25, 0.3) is 0 Å². The Bertz CT molecular complexity index is 427. The largest absolute Gasteiger partial charge is 0.398 e. The number of aryl methyl sites for hydroxylation is 1. The summed E-state index contributed by atoms with van der Waals surface area (Å²) in [5.41, 5.74) is 9.72. The number of likely N-dealkylation sites (tertiary alicyclic amines) is 1. The predicted octanol–water partition coefficient (Wildman–Crippen LogP) is 3.34. The molecule has 0 radical (unpaired) electrons. The fourth-order valence-electron chi connectivity index (χ4n) is 3.84. The molecule has 98 valence electrons. The SMILES string of the molecule is Cc1ccc(N)c(CN2CCCC3CCCC32)c1. The van der Waals surface area contributed by atoms with Crippen molar-refractivity contribution in [1.29, 1.82) is 0 Å². The number of nitrogens with zero attached hydrogens (tertiary/aromatic N) is 1. The number of nitrogen functional groups attached to an aromatic ring is 1. The van der Waals surface area contributed by atoms with Crippen molar-refractivity contribution in [2.75, 3.05) is 12.3 Å². The molecule has 0 spiro atoms. The van der Waals surface area contributed by atoms with E-state index in [2.05, 4.69) is 30.0 Å². The highest BCUT2D eigenvalue weighted by Crippen LogP contribution is 2.37. The van der Waals surface area contributed by atoms with Crippen LogP contribution in [0.3, 0.4) is 0 Å². The Morgan fingerprint density at radius 2 is 2.06 bits per heavy atom. The predicted molar refractivity (Wildman–Crippen MR) is 76.4 cm³/mol. The Morgan fingerprint density at radius 1 is 1.22 bits per heavy atom. The molecule has 3 rings (SSSR count). The van der Waals surface area contributed by atoms with Crippen LogP contribution in [0.25, 0.3) is 0 Å². The lowest BCUT2D eigenvalue weighted by molar-refractivity contribution is 0.106. The van der Waals surface area contributed by atoms with Gasteiger partial charge in [-0.25, -0.2) is 0 Å². The Kier molecular flexibility index (Phi) is 3.29. The minimum Gasteiger partial charge on any atom is -0.398 e. The molecule has 1 aliphatic carbocycles. The van der Waals surface area contributed by atoms with E-state index in [4.69, 9.17) is 5.73 Å². The number of anilines is 1. The van der Waals surface area contributed by atoms with Gasteiger partial charge in [-0.3, -0.25) is 4.90 Å². The average molecular weight is 244 g/mol. The molecule has 0 amide bonds. The molecule has 1 saturated carbocycles. The van der Waals surface area contributed by atoms with Crippen LogP contribution in [0.5, 0.6) is 0 Å². The standard InChI is InChI=1S/C16H24N2/c1-12-7-8-15(17)14(10-12)11-18-9-3-5-13-4-2-6-16(13)18/h7-8,10,13,16H,2-6,9,11,17H2,1H3. The molecule has 1 aliphatic heterocycles. The van der Waals surface area contributed by atoms with E-state index in [1.54, 1.807) is 0 Å². The normalized spacial score (nSPS) is 28.3. The summed E-state index contributed by atoms with van der Waals surface area (Å²) in [7, 11) is 0. The first-order valence-corrected chi connectivity index (χ1v) is 7.33. The van der Waals surface area contributed by atoms with Gasteiger partial charge in [-0.2, -0.15) is 0 Å². The number of nitrogens with two attached hydrogens (primary N) is 1. The molecule has 2 N–H and O–H groups in total. The van der Waals surface area contributed by atoms with Gasteiger partial charge in [0.05, 0.1) is 0 Å². The Balaban J connectivity index is 1.77. The van der Waals surface area contributed by atoms with E-state index in [0.29, 0.717) is 0 Å². The quantitative estimate of drug-likeness (QED) is 0.808. The molecule has 2 heteroatoms. The summed E-state index contributed by atoms with van der Waals surface area (Å²) < 4.78 is 0. The third-order valence-corrected chi connectivity index (χ3v) is 4.78. The topological polar surface area (TPSA) is 29.3 Å². The number of rotatable bonds is 2. The first kappa shape index (κ1) is 12.0. The van der Waals surface area contributed by atoms with E-state index in [0.717, 1.165) is 24.2 Å². The first-order valence-electron chi connectivity index (χ1n) is 7.33. The van der Waals surface area contributed by atoms with Gasteiger partial charge in [0.15, 0.2) is 0 Å². The maximum Gasteiger partial charge on any atom is 0.0359 e. The summed E-state index contributed by atoms with van der Waals surface area (Å²) in [4.78, 5) is 2.69. The number of hydrogen-bond donors (Lipinski definition) is 1. The van der Waals surface area contributed by atoms with Crippen molar-refractivity contribution in [3.8, 4) is 0 Å². The van der Waals surface area contributed by atoms with Crippen molar-refractivity contribution in [3.63, 3.8) is 0 Å². The smallest absolute Gasteiger partial charge is 0.0359 e. The van der Waals surface area contributed by atoms with Crippen LogP contribution in [0.1, 0.15) is 43.2 Å². The Hall–Kier alpha value is -1.02. The minimum absolute atomic E-state index is 0.832. The maximum absolute atomic E-state index is 6.12. The molecule has 1 heterocycles. The lowest BCUT2D eigenvalue weighted by atomic mass is 9.91. The van der Waals surface area contributed by atoms with E-state index in [9.17, 15) is 0 Å². The van der Waals surface area contributed by atoms with Crippen LogP contribution in [0.4, 0.5) is 5.69 Å². The van der Waals surface area contributed by atoms with Gasteiger partial charge < -0.3 is 5.73 Å². The Labute approximate surface area is 110 Å². The van der Waals surface area contributed by atoms with Crippen LogP contribution in [0, 0.1) is 12.8 Å². The maximum atomic E-state index is 6.12. The summed E-state index contributed by atoms with van der Waals surface area (Å²) in [6.45, 7) is 4.46. The van der Waals surface area contributed by atoms with E-state index in [-0.39, 0.29) is 0 Å². The number of piperidine rings is 1. The summed E-state index contributed by atoms with van der Waals surface area (Å²) in [6, 6.07) is 7.25. The first-order chi connectivity index (χ1) is 8.74. The number of fused-ring (bicyclic) bond motifs is 1. The van der Waals surface area contributed by atoms with Gasteiger partial charge in [0.2, 0.25) is 0 Å². The lowest BCUT2D eigenvalue weighted by Gasteiger charge is -2.38. The van der Waals surface area contributed by atoms with Crippen LogP contribution in [0.15, 0.2) is 18.2 Å². The zero-order valence-corrected chi connectivity index (χ0v) is 11.4. The van der Waals surface area contributed by atoms with Gasteiger partial charge >= 0.3 is 0 Å². The second-order valence-corrected chi connectivity index (χ2v) is 6.07. The molecule has 0 bridgehead atoms. The van der Waals surface area contributed by atoms with E-state index in [1.807, 2.05) is 0 Å². The highest BCUT2D eigenvalue weighted by Gasteiger charge is 2.34. The zero-order chi connectivity index (χ0) is 12.5. The van der Waals surface area contributed by atoms with Crippen molar-refractivity contribution in [2.45, 2.75) is 51.6 Å². The lowest BCUT2D eigenvalue weighted by Crippen LogP contribution is -2.42. The van der Waals surface area contributed by atoms with E-state index >= 15 is 0 Å². The van der Waals surface area contributed by atoms with Gasteiger partial charge in [-0.1, -0.05) is 24.1 Å². The van der Waals surface area contributed by atoms with Crippen molar-refractivity contribution >= 4 is 5.69 Å². The molecule has 2 aliphatic rings. The molecule has 0 aromatic heterocycles. The van der Waals surface area contributed by atoms with E-state index < -0.39 is 0 Å². The summed E-state index contributed by atoms with van der Waals surface area (Å²) in [5.74, 6) is 0.963. The fraction of sp³-hybridized carbons (Fsp3) is 0.625. The van der Waals surface area contributed by atoms with Crippen molar-refractivity contribution in [3.05, 3.63) is 29.3 Å². The van der Waals surface area contributed by atoms with Crippen LogP contribution in [0.2, 0.25) is 0 Å². The highest BCUT2D eigenvalue weighted by atomic mass is 15.2. The minimum atomic E-state index is 0.832. The van der Waals surface area contributed by atoms with E-state index in [1.165, 1.54) is 49.8 Å². The van der Waals surface area contributed by atoms with Gasteiger partial charge in [-0.05, 0) is 56.7 Å². The second-order valence-electron chi connectivity index (χ2n) is 6.07. The second kappa shape index (κ2) is 4.93. The summed E-state index contributed by atoms with van der Waals surface area (Å²) >= 11 is 0. The molecule has 1 aromatic rings. The molecule has 2 unspecified atom stereocenters. The molecule has 2 atom stereocenters. The van der Waals surface area contributed by atoms with Crippen molar-refractivity contribution in [1.82, 2.24) is 4.90 Å². The molecule has 1 saturated heterocycles. The van der Waals surface area contributed by atoms with Gasteiger partial charge in [-0.15, -0.1) is 0 Å². The third kappa shape index (κ3) is 2.26. The van der Waals surface area contributed by atoms with Crippen LogP contribution < -0.4 is 5.73 Å². The third-order valence-electron chi connectivity index (χ3n) is 4.78. The number of hydrogen-bond acceptors (Lipinski definition) is 2. The highest BCUT2D eigenvalue weighted by molar-refractivity contribution is 5.48. The molecule has 2 fully saturated rings. The molecule has 2 nitrogen and oxygen atoms in total. The summed E-state index contributed by atoms with van der Waals surface area (Å²) in [5, 5.41) is 0. The average Bonchev–Trinajstić information content (AvgIpc) is 2.83. The van der Waals surface area contributed by atoms with Crippen molar-refractivity contribution in [2.24, 2.45) is 5.92 Å². The molecule has 18 heavy (non-hydrogen) atoms. The summed E-state index contributed by atoms with van der Waals surface area (Å²) in [6.07, 6.45) is 7.09. The van der Waals surface area contributed by atoms with Gasteiger partial charge in [0, 0.05) is 18.3 Å². The van der Waals surface area contributed by atoms with Crippen molar-refractivity contribution < 1.29 is 0 Å². The zero-order valence-electron chi connectivity index (χ0n) is 11.4. The van der Waals surface area contributed by atoms with Crippen LogP contribution in [-0.4, -0.2) is 17.5 Å². The van der Waals surface area contributed by atoms with Crippen LogP contribution in [-0.2, 0) is 6.54 Å². The number of benzene rings is 1. The fourth-order valence-corrected chi connectivity index (χ4v) is 3.84.